The summed E-state index contributed by atoms with van der Waals surface area (Å²) in [4.78, 5) is 13.9. The summed E-state index contributed by atoms with van der Waals surface area (Å²) < 4.78 is 0. The Morgan fingerprint density at radius 3 is 2.28 bits per heavy atom. The van der Waals surface area contributed by atoms with E-state index in [9.17, 15) is 10.1 Å². The molecular weight excluding hydrogens is 362 g/mol. The Balaban J connectivity index is 1.40. The number of hydrogen-bond donors (Lipinski definition) is 1. The molecule has 0 amide bonds. The van der Waals surface area contributed by atoms with Crippen LogP contribution in [0.3, 0.4) is 0 Å². The summed E-state index contributed by atoms with van der Waals surface area (Å²) in [7, 11) is 0. The van der Waals surface area contributed by atoms with Crippen LogP contribution in [0.2, 0.25) is 0 Å². The number of hydrogen-bond acceptors (Lipinski definition) is 4. The standard InChI is InChI=1S/C24H23N3O2/c28-27(29)24-20(16-25-21-14-18-7-1-2-8-19(18)15-21)9-5-11-23(24)26-13-12-17-6-3-4-10-22(17)26/h1-11,21,25H,12-16H2. The van der Waals surface area contributed by atoms with Gasteiger partial charge in [-0.25, -0.2) is 0 Å². The van der Waals surface area contributed by atoms with Gasteiger partial charge in [0.05, 0.1) is 4.92 Å². The van der Waals surface area contributed by atoms with Crippen LogP contribution in [0.5, 0.6) is 0 Å². The van der Waals surface area contributed by atoms with Crippen molar-refractivity contribution in [3.05, 3.63) is 99.1 Å². The third-order valence-electron chi connectivity index (χ3n) is 6.09. The van der Waals surface area contributed by atoms with Gasteiger partial charge in [-0.05, 0) is 48.1 Å². The van der Waals surface area contributed by atoms with Gasteiger partial charge in [0, 0.05) is 30.4 Å². The highest BCUT2D eigenvalue weighted by atomic mass is 16.6. The molecule has 1 aliphatic carbocycles. The monoisotopic (exact) mass is 385 g/mol. The molecule has 0 aromatic heterocycles. The number of nitrogens with zero attached hydrogens (tertiary/aromatic N) is 2. The van der Waals surface area contributed by atoms with E-state index in [2.05, 4.69) is 40.5 Å². The molecule has 5 nitrogen and oxygen atoms in total. The SMILES string of the molecule is O=[N+]([O-])c1c(CNC2Cc3ccccc3C2)cccc1N1CCc2ccccc21. The first-order valence-corrected chi connectivity index (χ1v) is 10.1. The van der Waals surface area contributed by atoms with Crippen molar-refractivity contribution >= 4 is 17.1 Å². The lowest BCUT2D eigenvalue weighted by atomic mass is 10.1. The molecule has 5 heteroatoms. The van der Waals surface area contributed by atoms with Crippen molar-refractivity contribution in [3.63, 3.8) is 0 Å². The second-order valence-corrected chi connectivity index (χ2v) is 7.83. The molecule has 0 fully saturated rings. The van der Waals surface area contributed by atoms with Crippen LogP contribution in [0.1, 0.15) is 22.3 Å². The largest absolute Gasteiger partial charge is 0.335 e. The fourth-order valence-electron chi connectivity index (χ4n) is 4.69. The van der Waals surface area contributed by atoms with Crippen molar-refractivity contribution in [2.24, 2.45) is 0 Å². The third kappa shape index (κ3) is 3.28. The van der Waals surface area contributed by atoms with Crippen molar-refractivity contribution in [2.45, 2.75) is 31.8 Å². The lowest BCUT2D eigenvalue weighted by Crippen LogP contribution is -2.29. The summed E-state index contributed by atoms with van der Waals surface area (Å²) in [5.41, 5.74) is 6.72. The van der Waals surface area contributed by atoms with Gasteiger partial charge >= 0.3 is 0 Å². The van der Waals surface area contributed by atoms with Gasteiger partial charge in [0.2, 0.25) is 0 Å². The first kappa shape index (κ1) is 17.9. The highest BCUT2D eigenvalue weighted by Gasteiger charge is 2.29. The van der Waals surface area contributed by atoms with Gasteiger partial charge in [-0.3, -0.25) is 10.1 Å². The van der Waals surface area contributed by atoms with Crippen molar-refractivity contribution in [1.82, 2.24) is 5.32 Å². The Morgan fingerprint density at radius 1 is 0.897 bits per heavy atom. The van der Waals surface area contributed by atoms with Crippen LogP contribution in [-0.4, -0.2) is 17.5 Å². The van der Waals surface area contributed by atoms with E-state index in [-0.39, 0.29) is 10.6 Å². The number of nitro groups is 1. The molecule has 0 spiro atoms. The van der Waals surface area contributed by atoms with Gasteiger partial charge in [-0.2, -0.15) is 0 Å². The zero-order valence-electron chi connectivity index (χ0n) is 16.2. The third-order valence-corrected chi connectivity index (χ3v) is 6.09. The van der Waals surface area contributed by atoms with Crippen molar-refractivity contribution < 1.29 is 4.92 Å². The minimum absolute atomic E-state index is 0.215. The molecule has 0 saturated heterocycles. The molecule has 1 aliphatic heterocycles. The fraction of sp³-hybridized carbons (Fsp3) is 0.250. The first-order valence-electron chi connectivity index (χ1n) is 10.1. The first-order chi connectivity index (χ1) is 14.2. The van der Waals surface area contributed by atoms with Crippen molar-refractivity contribution in [1.29, 1.82) is 0 Å². The zero-order chi connectivity index (χ0) is 19.8. The second kappa shape index (κ2) is 7.33. The van der Waals surface area contributed by atoms with E-state index in [1.165, 1.54) is 16.7 Å². The molecule has 0 unspecified atom stereocenters. The number of nitrogens with one attached hydrogen (secondary N) is 1. The lowest BCUT2D eigenvalue weighted by Gasteiger charge is -2.21. The molecular formula is C24H23N3O2. The summed E-state index contributed by atoms with van der Waals surface area (Å²) in [6.45, 7) is 1.27. The smallest absolute Gasteiger partial charge is 0.297 e. The Hall–Kier alpha value is -3.18. The number of anilines is 2. The maximum Gasteiger partial charge on any atom is 0.297 e. The van der Waals surface area contributed by atoms with Crippen LogP contribution in [0, 0.1) is 10.1 Å². The number of rotatable bonds is 5. The Labute approximate surface area is 170 Å². The van der Waals surface area contributed by atoms with Gasteiger partial charge in [0.25, 0.3) is 5.69 Å². The highest BCUT2D eigenvalue weighted by Crippen LogP contribution is 2.40. The summed E-state index contributed by atoms with van der Waals surface area (Å²) >= 11 is 0. The number of para-hydroxylation sites is 2. The summed E-state index contributed by atoms with van der Waals surface area (Å²) in [5, 5.41) is 15.6. The maximum atomic E-state index is 12.0. The predicted molar refractivity (Wildman–Crippen MR) is 115 cm³/mol. The normalized spacial score (nSPS) is 15.4. The Morgan fingerprint density at radius 2 is 1.55 bits per heavy atom. The molecule has 0 radical (unpaired) electrons. The number of benzene rings is 3. The lowest BCUT2D eigenvalue weighted by molar-refractivity contribution is -0.384. The molecule has 1 heterocycles. The van der Waals surface area contributed by atoms with E-state index in [1.54, 1.807) is 0 Å². The second-order valence-electron chi connectivity index (χ2n) is 7.83. The Kier molecular flexibility index (Phi) is 4.52. The molecule has 3 aromatic rings. The maximum absolute atomic E-state index is 12.0. The van der Waals surface area contributed by atoms with Crippen molar-refractivity contribution in [2.75, 3.05) is 11.4 Å². The average Bonchev–Trinajstić information content (AvgIpc) is 3.35. The van der Waals surface area contributed by atoms with Crippen LogP contribution in [-0.2, 0) is 25.8 Å². The van der Waals surface area contributed by atoms with Gasteiger partial charge in [-0.15, -0.1) is 0 Å². The molecule has 3 aromatic carbocycles. The molecule has 1 N–H and O–H groups in total. The number of fused-ring (bicyclic) bond motifs is 2. The minimum Gasteiger partial charge on any atom is -0.335 e. The highest BCUT2D eigenvalue weighted by molar-refractivity contribution is 5.77. The summed E-state index contributed by atoms with van der Waals surface area (Å²) in [5.74, 6) is 0. The quantitative estimate of drug-likeness (QED) is 0.517. The average molecular weight is 385 g/mol. The van der Waals surface area contributed by atoms with Crippen LogP contribution < -0.4 is 10.2 Å². The minimum atomic E-state index is -0.226. The van der Waals surface area contributed by atoms with E-state index in [0.29, 0.717) is 18.3 Å². The van der Waals surface area contributed by atoms with E-state index in [0.717, 1.165) is 37.1 Å². The molecule has 0 bridgehead atoms. The van der Waals surface area contributed by atoms with E-state index >= 15 is 0 Å². The molecule has 0 atom stereocenters. The molecule has 5 rings (SSSR count). The predicted octanol–water partition coefficient (Wildman–Crippen LogP) is 4.55. The van der Waals surface area contributed by atoms with E-state index in [1.807, 2.05) is 36.4 Å². The van der Waals surface area contributed by atoms with E-state index in [4.69, 9.17) is 0 Å². The molecule has 2 aliphatic rings. The van der Waals surface area contributed by atoms with Crippen LogP contribution >= 0.6 is 0 Å². The van der Waals surface area contributed by atoms with Crippen LogP contribution in [0.15, 0.2) is 66.7 Å². The topological polar surface area (TPSA) is 58.4 Å². The zero-order valence-corrected chi connectivity index (χ0v) is 16.2. The van der Waals surface area contributed by atoms with Crippen molar-refractivity contribution in [3.8, 4) is 0 Å². The summed E-state index contributed by atoms with van der Waals surface area (Å²) in [6.07, 6.45) is 2.86. The Bertz CT molecular complexity index is 1050. The molecule has 0 saturated carbocycles. The fourth-order valence-corrected chi connectivity index (χ4v) is 4.69. The molecule has 146 valence electrons. The summed E-state index contributed by atoms with van der Waals surface area (Å²) in [6, 6.07) is 22.7. The van der Waals surface area contributed by atoms with Gasteiger partial charge in [0.15, 0.2) is 0 Å². The molecule has 29 heavy (non-hydrogen) atoms. The van der Waals surface area contributed by atoms with Crippen LogP contribution in [0.4, 0.5) is 17.1 Å². The van der Waals surface area contributed by atoms with Gasteiger partial charge in [0.1, 0.15) is 5.69 Å². The van der Waals surface area contributed by atoms with Gasteiger partial charge in [-0.1, -0.05) is 54.6 Å². The number of nitro benzene ring substituents is 1. The van der Waals surface area contributed by atoms with Gasteiger partial charge < -0.3 is 10.2 Å². The van der Waals surface area contributed by atoms with Crippen LogP contribution in [0.25, 0.3) is 0 Å². The van der Waals surface area contributed by atoms with E-state index < -0.39 is 0 Å².